The predicted octanol–water partition coefficient (Wildman–Crippen LogP) is 2.12. The van der Waals surface area contributed by atoms with Gasteiger partial charge in [-0.05, 0) is 6.07 Å². The van der Waals surface area contributed by atoms with Crippen LogP contribution in [0, 0.1) is 4.64 Å². The first kappa shape index (κ1) is 10.1. The molecule has 0 aromatic carbocycles. The Hall–Kier alpha value is -0.390. The zero-order chi connectivity index (χ0) is 9.97. The van der Waals surface area contributed by atoms with E-state index in [1.165, 1.54) is 0 Å². The number of aromatic nitrogens is 2. The number of thioether (sulfide) groups is 1. The van der Waals surface area contributed by atoms with Gasteiger partial charge in [0, 0.05) is 30.2 Å². The van der Waals surface area contributed by atoms with Crippen LogP contribution in [0.3, 0.4) is 0 Å². The quantitative estimate of drug-likeness (QED) is 0.804. The summed E-state index contributed by atoms with van der Waals surface area (Å²) in [6, 6.07) is 1.86. The molecule has 0 aliphatic carbocycles. The molecule has 76 valence electrons. The monoisotopic (exact) mass is 228 g/mol. The first-order valence-corrected chi connectivity index (χ1v) is 6.02. The molecule has 1 aromatic rings. The van der Waals surface area contributed by atoms with Gasteiger partial charge < -0.3 is 9.72 Å². The molecule has 0 spiro atoms. The third kappa shape index (κ3) is 2.16. The van der Waals surface area contributed by atoms with Crippen LogP contribution >= 0.6 is 24.0 Å². The summed E-state index contributed by atoms with van der Waals surface area (Å²) in [6.07, 6.45) is 0. The molecule has 2 rings (SSSR count). The van der Waals surface area contributed by atoms with Gasteiger partial charge in [-0.25, -0.2) is 4.98 Å². The van der Waals surface area contributed by atoms with Gasteiger partial charge >= 0.3 is 0 Å². The van der Waals surface area contributed by atoms with Crippen LogP contribution in [0.25, 0.3) is 0 Å². The largest absolute Gasteiger partial charge is 0.378 e. The van der Waals surface area contributed by atoms with Crippen molar-refractivity contribution in [1.82, 2.24) is 9.97 Å². The normalized spacial score (nSPS) is 16.6. The average Bonchev–Trinajstić information content (AvgIpc) is 1.99. The van der Waals surface area contributed by atoms with Crippen LogP contribution in [0.4, 0.5) is 0 Å². The summed E-state index contributed by atoms with van der Waals surface area (Å²) < 4.78 is 5.71. The van der Waals surface area contributed by atoms with Crippen molar-refractivity contribution in [3.05, 3.63) is 22.2 Å². The number of hydrogen-bond acceptors (Lipinski definition) is 4. The maximum absolute atomic E-state index is 5.10. The van der Waals surface area contributed by atoms with E-state index in [1.807, 2.05) is 17.8 Å². The van der Waals surface area contributed by atoms with Crippen LogP contribution in [0.5, 0.6) is 0 Å². The summed E-state index contributed by atoms with van der Waals surface area (Å²) in [5, 5.41) is 0. The van der Waals surface area contributed by atoms with Crippen molar-refractivity contribution in [3.63, 3.8) is 0 Å². The maximum Gasteiger partial charge on any atom is 0.130 e. The van der Waals surface area contributed by atoms with E-state index >= 15 is 0 Å². The Morgan fingerprint density at radius 2 is 2.50 bits per heavy atom. The van der Waals surface area contributed by atoms with Crippen molar-refractivity contribution in [3.8, 4) is 0 Å². The number of nitrogens with zero attached hydrogens (tertiary/aromatic N) is 1. The van der Waals surface area contributed by atoms with Crippen LogP contribution in [0.2, 0.25) is 0 Å². The van der Waals surface area contributed by atoms with Crippen LogP contribution in [-0.4, -0.2) is 28.6 Å². The molecular weight excluding hydrogens is 216 g/mol. The Morgan fingerprint density at radius 1 is 1.71 bits per heavy atom. The molecule has 1 N–H and O–H groups in total. The summed E-state index contributed by atoms with van der Waals surface area (Å²) in [4.78, 5) is 7.60. The van der Waals surface area contributed by atoms with Crippen LogP contribution in [-0.2, 0) is 11.3 Å². The smallest absolute Gasteiger partial charge is 0.130 e. The van der Waals surface area contributed by atoms with Gasteiger partial charge in [-0.15, -0.1) is 0 Å². The predicted molar refractivity (Wildman–Crippen MR) is 60.2 cm³/mol. The van der Waals surface area contributed by atoms with E-state index < -0.39 is 0 Å². The third-order valence-electron chi connectivity index (χ3n) is 2.14. The van der Waals surface area contributed by atoms with Crippen LogP contribution in [0.1, 0.15) is 17.4 Å². The lowest BCUT2D eigenvalue weighted by atomic mass is 10.2. The molecule has 0 amide bonds. The Bertz CT molecular complexity index is 373. The van der Waals surface area contributed by atoms with Gasteiger partial charge in [0.25, 0.3) is 0 Å². The summed E-state index contributed by atoms with van der Waals surface area (Å²) in [5.41, 5.74) is 1.01. The highest BCUT2D eigenvalue weighted by molar-refractivity contribution is 8.00. The van der Waals surface area contributed by atoms with Crippen molar-refractivity contribution in [2.75, 3.05) is 18.6 Å². The highest BCUT2D eigenvalue weighted by Gasteiger charge is 2.22. The van der Waals surface area contributed by atoms with Gasteiger partial charge in [0.15, 0.2) is 0 Å². The van der Waals surface area contributed by atoms with Gasteiger partial charge in [0.05, 0.1) is 6.61 Å². The molecule has 5 heteroatoms. The first-order valence-electron chi connectivity index (χ1n) is 4.46. The van der Waals surface area contributed by atoms with Gasteiger partial charge in [-0.1, -0.05) is 12.2 Å². The fourth-order valence-electron chi connectivity index (χ4n) is 1.35. The molecule has 0 atom stereocenters. The Kier molecular flexibility index (Phi) is 3.20. The van der Waals surface area contributed by atoms with Gasteiger partial charge in [0.2, 0.25) is 0 Å². The molecule has 3 nitrogen and oxygen atoms in total. The van der Waals surface area contributed by atoms with Crippen molar-refractivity contribution in [1.29, 1.82) is 0 Å². The summed E-state index contributed by atoms with van der Waals surface area (Å²) >= 11 is 7.04. The van der Waals surface area contributed by atoms with Crippen molar-refractivity contribution in [2.24, 2.45) is 0 Å². The second-order valence-electron chi connectivity index (χ2n) is 3.30. The van der Waals surface area contributed by atoms with E-state index in [0.717, 1.165) is 23.0 Å². The molecule has 0 saturated carbocycles. The SMILES string of the molecule is COCc1cc(=S)nc(C2CSC2)[nH]1. The average molecular weight is 228 g/mol. The molecule has 0 radical (unpaired) electrons. The Balaban J connectivity index is 2.26. The zero-order valence-electron chi connectivity index (χ0n) is 7.95. The Labute approximate surface area is 92.3 Å². The molecule has 2 heterocycles. The number of rotatable bonds is 3. The number of hydrogen-bond donors (Lipinski definition) is 1. The number of H-pyrrole nitrogens is 1. The molecule has 1 aromatic heterocycles. The minimum atomic E-state index is 0.554. The van der Waals surface area contributed by atoms with E-state index in [9.17, 15) is 0 Å². The molecular formula is C9H12N2OS2. The summed E-state index contributed by atoms with van der Waals surface area (Å²) in [6.45, 7) is 0.568. The minimum Gasteiger partial charge on any atom is -0.378 e. The summed E-state index contributed by atoms with van der Waals surface area (Å²) in [7, 11) is 1.68. The molecule has 1 saturated heterocycles. The lowest BCUT2D eigenvalue weighted by molar-refractivity contribution is 0.181. The van der Waals surface area contributed by atoms with Crippen LogP contribution < -0.4 is 0 Å². The highest BCUT2D eigenvalue weighted by Crippen LogP contribution is 2.31. The van der Waals surface area contributed by atoms with E-state index in [-0.39, 0.29) is 0 Å². The van der Waals surface area contributed by atoms with E-state index in [1.54, 1.807) is 7.11 Å². The standard InChI is InChI=1S/C9H12N2OS2/c1-12-3-7-2-8(13)11-9(10-7)6-4-14-5-6/h2,6H,3-5H2,1H3,(H,10,11,13). The van der Waals surface area contributed by atoms with Crippen LogP contribution in [0.15, 0.2) is 6.07 Å². The van der Waals surface area contributed by atoms with E-state index in [0.29, 0.717) is 17.2 Å². The lowest BCUT2D eigenvalue weighted by Gasteiger charge is -2.24. The van der Waals surface area contributed by atoms with Gasteiger partial charge in [-0.2, -0.15) is 11.8 Å². The van der Waals surface area contributed by atoms with Crippen molar-refractivity contribution in [2.45, 2.75) is 12.5 Å². The second kappa shape index (κ2) is 4.42. The number of aromatic amines is 1. The number of ether oxygens (including phenoxy) is 1. The van der Waals surface area contributed by atoms with Crippen molar-refractivity contribution >= 4 is 24.0 Å². The summed E-state index contributed by atoms with van der Waals surface area (Å²) in [5.74, 6) is 3.87. The fourth-order valence-corrected chi connectivity index (χ4v) is 2.38. The molecule has 1 aliphatic rings. The van der Waals surface area contributed by atoms with Gasteiger partial charge in [-0.3, -0.25) is 0 Å². The Morgan fingerprint density at radius 3 is 3.07 bits per heavy atom. The molecule has 0 unspecified atom stereocenters. The van der Waals surface area contributed by atoms with Crippen molar-refractivity contribution < 1.29 is 4.74 Å². The molecule has 1 aliphatic heterocycles. The molecule has 14 heavy (non-hydrogen) atoms. The highest BCUT2D eigenvalue weighted by atomic mass is 32.2. The number of nitrogens with one attached hydrogen (secondary N) is 1. The molecule has 1 fully saturated rings. The fraction of sp³-hybridized carbons (Fsp3) is 0.556. The zero-order valence-corrected chi connectivity index (χ0v) is 9.58. The minimum absolute atomic E-state index is 0.554. The second-order valence-corrected chi connectivity index (χ2v) is 4.79. The lowest BCUT2D eigenvalue weighted by Crippen LogP contribution is -2.19. The van der Waals surface area contributed by atoms with E-state index in [2.05, 4.69) is 9.97 Å². The third-order valence-corrected chi connectivity index (χ3v) is 3.63. The maximum atomic E-state index is 5.10. The first-order chi connectivity index (χ1) is 6.79. The van der Waals surface area contributed by atoms with E-state index in [4.69, 9.17) is 17.0 Å². The number of methoxy groups -OCH3 is 1. The van der Waals surface area contributed by atoms with Gasteiger partial charge in [0.1, 0.15) is 10.5 Å². The topological polar surface area (TPSA) is 37.9 Å². The molecule has 0 bridgehead atoms.